The van der Waals surface area contributed by atoms with E-state index < -0.39 is 17.2 Å². The van der Waals surface area contributed by atoms with Gasteiger partial charge in [-0.25, -0.2) is 4.79 Å². The third-order valence-corrected chi connectivity index (χ3v) is 2.01. The number of hydrogen-bond donors (Lipinski definition) is 2. The number of nitrogens with zero attached hydrogens (tertiary/aromatic N) is 2. The molecule has 7 nitrogen and oxygen atoms in total. The molecular formula is C9H13N3O4. The summed E-state index contributed by atoms with van der Waals surface area (Å²) in [7, 11) is 1.34. The molecular weight excluding hydrogens is 214 g/mol. The summed E-state index contributed by atoms with van der Waals surface area (Å²) in [6.07, 6.45) is 1.27. The molecule has 1 aromatic heterocycles. The third-order valence-electron chi connectivity index (χ3n) is 2.01. The smallest absolute Gasteiger partial charge is 0.331 e. The molecule has 0 spiro atoms. The molecule has 0 bridgehead atoms. The van der Waals surface area contributed by atoms with Gasteiger partial charge >= 0.3 is 5.69 Å². The normalized spacial score (nSPS) is 10.1. The van der Waals surface area contributed by atoms with Crippen LogP contribution in [-0.2, 0) is 18.4 Å². The van der Waals surface area contributed by atoms with E-state index in [0.29, 0.717) is 0 Å². The molecule has 2 N–H and O–H groups in total. The van der Waals surface area contributed by atoms with E-state index in [1.807, 2.05) is 0 Å². The van der Waals surface area contributed by atoms with Crippen LogP contribution in [0.2, 0.25) is 0 Å². The topological polar surface area (TPSA) is 93.3 Å². The molecule has 0 saturated carbocycles. The van der Waals surface area contributed by atoms with Gasteiger partial charge in [-0.2, -0.15) is 0 Å². The lowest BCUT2D eigenvalue weighted by Gasteiger charge is -2.06. The van der Waals surface area contributed by atoms with E-state index in [4.69, 9.17) is 5.11 Å². The van der Waals surface area contributed by atoms with E-state index in [2.05, 4.69) is 5.32 Å². The standard InChI is InChI=1S/C9H13N3O4/c1-11-8(15)2-4-12(9(11)16)6-7(14)10-3-5-13/h2,4,13H,3,5-6H2,1H3,(H,10,14). The lowest BCUT2D eigenvalue weighted by atomic mass is 10.5. The number of rotatable bonds is 4. The van der Waals surface area contributed by atoms with Crippen molar-refractivity contribution in [3.8, 4) is 0 Å². The van der Waals surface area contributed by atoms with E-state index in [0.717, 1.165) is 9.13 Å². The van der Waals surface area contributed by atoms with Crippen molar-refractivity contribution in [2.24, 2.45) is 7.05 Å². The zero-order valence-electron chi connectivity index (χ0n) is 8.84. The summed E-state index contributed by atoms with van der Waals surface area (Å²) in [5.74, 6) is -0.394. The Morgan fingerprint density at radius 1 is 1.50 bits per heavy atom. The van der Waals surface area contributed by atoms with Gasteiger partial charge in [-0.05, 0) is 0 Å². The molecule has 0 unspecified atom stereocenters. The number of aliphatic hydroxyl groups excluding tert-OH is 1. The SMILES string of the molecule is Cn1c(=O)ccn(CC(=O)NCCO)c1=O. The highest BCUT2D eigenvalue weighted by Gasteiger charge is 2.05. The van der Waals surface area contributed by atoms with Crippen LogP contribution in [0.25, 0.3) is 0 Å². The van der Waals surface area contributed by atoms with Crippen LogP contribution >= 0.6 is 0 Å². The maximum atomic E-state index is 11.5. The molecule has 88 valence electrons. The van der Waals surface area contributed by atoms with E-state index >= 15 is 0 Å². The Bertz CT molecular complexity index is 488. The molecule has 1 heterocycles. The van der Waals surface area contributed by atoms with Gasteiger partial charge in [-0.15, -0.1) is 0 Å². The lowest BCUT2D eigenvalue weighted by molar-refractivity contribution is -0.121. The van der Waals surface area contributed by atoms with Gasteiger partial charge in [-0.1, -0.05) is 0 Å². The summed E-state index contributed by atoms with van der Waals surface area (Å²) in [6.45, 7) is -0.194. The molecule has 0 atom stereocenters. The highest BCUT2D eigenvalue weighted by Crippen LogP contribution is 1.78. The Balaban J connectivity index is 2.83. The fourth-order valence-electron chi connectivity index (χ4n) is 1.14. The van der Waals surface area contributed by atoms with Crippen molar-refractivity contribution < 1.29 is 9.90 Å². The summed E-state index contributed by atoms with van der Waals surface area (Å²) in [4.78, 5) is 33.8. The van der Waals surface area contributed by atoms with Crippen LogP contribution in [0.4, 0.5) is 0 Å². The molecule has 1 amide bonds. The zero-order chi connectivity index (χ0) is 12.1. The predicted molar refractivity (Wildman–Crippen MR) is 56.0 cm³/mol. The van der Waals surface area contributed by atoms with Crippen LogP contribution in [0, 0.1) is 0 Å². The van der Waals surface area contributed by atoms with Crippen molar-refractivity contribution in [2.45, 2.75) is 6.54 Å². The average Bonchev–Trinajstić information content (AvgIpc) is 2.27. The molecule has 0 fully saturated rings. The Morgan fingerprint density at radius 2 is 2.19 bits per heavy atom. The van der Waals surface area contributed by atoms with Crippen molar-refractivity contribution in [1.29, 1.82) is 0 Å². The number of aromatic nitrogens is 2. The third kappa shape index (κ3) is 2.80. The van der Waals surface area contributed by atoms with Gasteiger partial charge in [0.15, 0.2) is 0 Å². The summed E-state index contributed by atoms with van der Waals surface area (Å²) < 4.78 is 2.04. The first-order valence-electron chi connectivity index (χ1n) is 4.70. The van der Waals surface area contributed by atoms with Crippen LogP contribution in [0.3, 0.4) is 0 Å². The molecule has 0 saturated heterocycles. The van der Waals surface area contributed by atoms with Crippen molar-refractivity contribution in [1.82, 2.24) is 14.5 Å². The highest BCUT2D eigenvalue weighted by atomic mass is 16.3. The molecule has 0 aliphatic carbocycles. The minimum Gasteiger partial charge on any atom is -0.395 e. The molecule has 1 rings (SSSR count). The van der Waals surface area contributed by atoms with Gasteiger partial charge in [0.25, 0.3) is 5.56 Å². The average molecular weight is 227 g/mol. The summed E-state index contributed by atoms with van der Waals surface area (Å²) in [5, 5.41) is 10.9. The Morgan fingerprint density at radius 3 is 2.81 bits per heavy atom. The van der Waals surface area contributed by atoms with E-state index in [1.54, 1.807) is 0 Å². The Hall–Kier alpha value is -1.89. The fourth-order valence-corrected chi connectivity index (χ4v) is 1.14. The van der Waals surface area contributed by atoms with Crippen molar-refractivity contribution in [2.75, 3.05) is 13.2 Å². The highest BCUT2D eigenvalue weighted by molar-refractivity contribution is 5.75. The van der Waals surface area contributed by atoms with Gasteiger partial charge < -0.3 is 10.4 Å². The minimum atomic E-state index is -0.549. The van der Waals surface area contributed by atoms with Crippen LogP contribution < -0.4 is 16.6 Å². The fraction of sp³-hybridized carbons (Fsp3) is 0.444. The quantitative estimate of drug-likeness (QED) is 0.602. The summed E-state index contributed by atoms with van der Waals surface area (Å²) >= 11 is 0. The molecule has 16 heavy (non-hydrogen) atoms. The first-order chi connectivity index (χ1) is 7.56. The number of aliphatic hydroxyl groups is 1. The predicted octanol–water partition coefficient (Wildman–Crippen LogP) is -2.34. The van der Waals surface area contributed by atoms with Gasteiger partial charge in [0.05, 0.1) is 6.61 Å². The number of carbonyl (C=O) groups is 1. The van der Waals surface area contributed by atoms with Gasteiger partial charge in [-0.3, -0.25) is 18.7 Å². The number of amides is 1. The number of carbonyl (C=O) groups excluding carboxylic acids is 1. The molecule has 1 aromatic rings. The number of nitrogens with one attached hydrogen (secondary N) is 1. The second kappa shape index (κ2) is 5.26. The van der Waals surface area contributed by atoms with Crippen molar-refractivity contribution in [3.63, 3.8) is 0 Å². The maximum Gasteiger partial charge on any atom is 0.331 e. The van der Waals surface area contributed by atoms with Crippen LogP contribution in [0.5, 0.6) is 0 Å². The zero-order valence-corrected chi connectivity index (χ0v) is 8.84. The first kappa shape index (κ1) is 12.2. The molecule has 0 radical (unpaired) electrons. The molecule has 0 aliphatic heterocycles. The first-order valence-corrected chi connectivity index (χ1v) is 4.70. The van der Waals surface area contributed by atoms with Gasteiger partial charge in [0, 0.05) is 25.9 Å². The molecule has 0 aliphatic rings. The van der Waals surface area contributed by atoms with E-state index in [-0.39, 0.29) is 19.7 Å². The largest absolute Gasteiger partial charge is 0.395 e. The minimum absolute atomic E-state index is 0.138. The van der Waals surface area contributed by atoms with Crippen molar-refractivity contribution in [3.05, 3.63) is 33.1 Å². The second-order valence-corrected chi connectivity index (χ2v) is 3.20. The van der Waals surface area contributed by atoms with E-state index in [9.17, 15) is 14.4 Å². The van der Waals surface area contributed by atoms with Crippen LogP contribution in [0.15, 0.2) is 21.9 Å². The van der Waals surface area contributed by atoms with Gasteiger partial charge in [0.2, 0.25) is 5.91 Å². The second-order valence-electron chi connectivity index (χ2n) is 3.20. The molecule has 7 heteroatoms. The van der Waals surface area contributed by atoms with Crippen molar-refractivity contribution >= 4 is 5.91 Å². The Labute approximate surface area is 90.9 Å². The summed E-state index contributed by atoms with van der Waals surface area (Å²) in [5.41, 5.74) is -0.969. The molecule has 0 aromatic carbocycles. The monoisotopic (exact) mass is 227 g/mol. The number of hydrogen-bond acceptors (Lipinski definition) is 4. The lowest BCUT2D eigenvalue weighted by Crippen LogP contribution is -2.40. The maximum absolute atomic E-state index is 11.5. The van der Waals surface area contributed by atoms with Crippen LogP contribution in [0.1, 0.15) is 0 Å². The Kier molecular flexibility index (Phi) is 4.01. The summed E-state index contributed by atoms with van der Waals surface area (Å²) in [6, 6.07) is 1.21. The van der Waals surface area contributed by atoms with Gasteiger partial charge in [0.1, 0.15) is 6.54 Å². The van der Waals surface area contributed by atoms with Crippen LogP contribution in [-0.4, -0.2) is 33.3 Å². The van der Waals surface area contributed by atoms with E-state index in [1.165, 1.54) is 19.3 Å².